The minimum atomic E-state index is 0.0174. The Morgan fingerprint density at radius 3 is 2.44 bits per heavy atom. The Balaban J connectivity index is 1.28. The zero-order valence-corrected chi connectivity index (χ0v) is 15.0. The van der Waals surface area contributed by atoms with Crippen molar-refractivity contribution < 1.29 is 9.59 Å². The second-order valence-corrected chi connectivity index (χ2v) is 8.29. The average molecular weight is 340 g/mol. The van der Waals surface area contributed by atoms with Gasteiger partial charge in [-0.2, -0.15) is 0 Å². The summed E-state index contributed by atoms with van der Waals surface area (Å²) in [4.78, 5) is 24.2. The molecule has 3 aliphatic rings. The molecule has 134 valence electrons. The number of carbonyl (C=O) groups excluding carboxylic acids is 2. The largest absolute Gasteiger partial charge is 0.352 e. The fourth-order valence-electron chi connectivity index (χ4n) is 4.76. The zero-order valence-electron chi connectivity index (χ0n) is 15.0. The smallest absolute Gasteiger partial charge is 0.251 e. The van der Waals surface area contributed by atoms with Crippen molar-refractivity contribution in [3.8, 4) is 0 Å². The van der Waals surface area contributed by atoms with Crippen LogP contribution in [0.1, 0.15) is 61.4 Å². The summed E-state index contributed by atoms with van der Waals surface area (Å²) in [7, 11) is 0. The van der Waals surface area contributed by atoms with Crippen molar-refractivity contribution in [3.05, 3.63) is 35.4 Å². The van der Waals surface area contributed by atoms with E-state index in [1.165, 1.54) is 25.7 Å². The van der Waals surface area contributed by atoms with E-state index in [4.69, 9.17) is 0 Å². The van der Waals surface area contributed by atoms with Gasteiger partial charge in [0.2, 0.25) is 5.91 Å². The highest BCUT2D eigenvalue weighted by Crippen LogP contribution is 2.49. The SMILES string of the molecule is CC(NC(=O)c1ccc(CNC(=O)C2CC2)cc1)C1CC2CCC1C2. The maximum absolute atomic E-state index is 12.5. The van der Waals surface area contributed by atoms with Gasteiger partial charge in [-0.3, -0.25) is 9.59 Å². The number of carbonyl (C=O) groups is 2. The van der Waals surface area contributed by atoms with Crippen molar-refractivity contribution in [2.75, 3.05) is 0 Å². The lowest BCUT2D eigenvalue weighted by atomic mass is 9.84. The van der Waals surface area contributed by atoms with Gasteiger partial charge >= 0.3 is 0 Å². The third-order valence-corrected chi connectivity index (χ3v) is 6.42. The van der Waals surface area contributed by atoms with Gasteiger partial charge in [0.1, 0.15) is 0 Å². The standard InChI is InChI=1S/C21H28N2O2/c1-13(19-11-15-4-7-18(19)10-15)23-21(25)17-5-2-14(3-6-17)12-22-20(24)16-8-9-16/h2-3,5-6,13,15-16,18-19H,4,7-12H2,1H3,(H,22,24)(H,23,25). The summed E-state index contributed by atoms with van der Waals surface area (Å²) >= 11 is 0. The molecule has 0 aromatic heterocycles. The molecule has 4 atom stereocenters. The zero-order chi connectivity index (χ0) is 17.4. The summed E-state index contributed by atoms with van der Waals surface area (Å²) in [5.41, 5.74) is 1.74. The minimum absolute atomic E-state index is 0.0174. The first kappa shape index (κ1) is 16.6. The quantitative estimate of drug-likeness (QED) is 0.835. The monoisotopic (exact) mass is 340 g/mol. The number of rotatable bonds is 6. The van der Waals surface area contributed by atoms with E-state index < -0.39 is 0 Å². The molecule has 3 saturated carbocycles. The van der Waals surface area contributed by atoms with E-state index in [1.54, 1.807) is 0 Å². The van der Waals surface area contributed by atoms with Gasteiger partial charge in [0.25, 0.3) is 5.91 Å². The Morgan fingerprint density at radius 2 is 1.84 bits per heavy atom. The number of amides is 2. The van der Waals surface area contributed by atoms with E-state index >= 15 is 0 Å². The Kier molecular flexibility index (Phi) is 4.53. The van der Waals surface area contributed by atoms with E-state index in [0.29, 0.717) is 18.0 Å². The summed E-state index contributed by atoms with van der Waals surface area (Å²) in [6, 6.07) is 7.85. The normalized spacial score (nSPS) is 28.6. The fraction of sp³-hybridized carbons (Fsp3) is 0.619. The van der Waals surface area contributed by atoms with E-state index in [0.717, 1.165) is 30.2 Å². The van der Waals surface area contributed by atoms with Crippen molar-refractivity contribution in [2.24, 2.45) is 23.7 Å². The molecular formula is C21H28N2O2. The molecule has 4 heteroatoms. The highest BCUT2D eigenvalue weighted by Gasteiger charge is 2.42. The predicted molar refractivity (Wildman–Crippen MR) is 96.9 cm³/mol. The maximum Gasteiger partial charge on any atom is 0.251 e. The molecule has 0 aliphatic heterocycles. The third kappa shape index (κ3) is 3.73. The Labute approximate surface area is 149 Å². The van der Waals surface area contributed by atoms with Crippen molar-refractivity contribution in [2.45, 2.75) is 58.0 Å². The van der Waals surface area contributed by atoms with Crippen LogP contribution in [0.3, 0.4) is 0 Å². The van der Waals surface area contributed by atoms with Crippen LogP contribution in [0.25, 0.3) is 0 Å². The molecule has 0 radical (unpaired) electrons. The highest BCUT2D eigenvalue weighted by molar-refractivity contribution is 5.94. The summed E-state index contributed by atoms with van der Waals surface area (Å²) in [5, 5.41) is 6.16. The van der Waals surface area contributed by atoms with Gasteiger partial charge in [-0.25, -0.2) is 0 Å². The van der Waals surface area contributed by atoms with E-state index in [2.05, 4.69) is 17.6 Å². The molecule has 1 aromatic rings. The van der Waals surface area contributed by atoms with Crippen LogP contribution in [0.2, 0.25) is 0 Å². The molecule has 25 heavy (non-hydrogen) atoms. The molecule has 2 bridgehead atoms. The van der Waals surface area contributed by atoms with Crippen LogP contribution in [0.4, 0.5) is 0 Å². The van der Waals surface area contributed by atoms with Gasteiger partial charge in [0.15, 0.2) is 0 Å². The first-order valence-corrected chi connectivity index (χ1v) is 9.77. The molecule has 2 amide bonds. The van der Waals surface area contributed by atoms with E-state index in [9.17, 15) is 9.59 Å². The lowest BCUT2D eigenvalue weighted by Gasteiger charge is -2.28. The average Bonchev–Trinajstić information content (AvgIpc) is 3.26. The van der Waals surface area contributed by atoms with Crippen LogP contribution in [0, 0.1) is 23.7 Å². The minimum Gasteiger partial charge on any atom is -0.352 e. The van der Waals surface area contributed by atoms with Crippen molar-refractivity contribution in [1.82, 2.24) is 10.6 Å². The van der Waals surface area contributed by atoms with Gasteiger partial charge in [0.05, 0.1) is 0 Å². The molecule has 4 unspecified atom stereocenters. The van der Waals surface area contributed by atoms with Gasteiger partial charge in [-0.1, -0.05) is 18.6 Å². The van der Waals surface area contributed by atoms with Gasteiger partial charge in [-0.05, 0) is 74.5 Å². The van der Waals surface area contributed by atoms with Crippen LogP contribution >= 0.6 is 0 Å². The summed E-state index contributed by atoms with van der Waals surface area (Å²) < 4.78 is 0. The van der Waals surface area contributed by atoms with Gasteiger partial charge < -0.3 is 10.6 Å². The summed E-state index contributed by atoms with van der Waals surface area (Å²) in [5.74, 6) is 2.78. The molecule has 0 spiro atoms. The predicted octanol–water partition coefficient (Wildman–Crippen LogP) is 3.27. The topological polar surface area (TPSA) is 58.2 Å². The van der Waals surface area contributed by atoms with E-state index in [-0.39, 0.29) is 23.8 Å². The van der Waals surface area contributed by atoms with Crippen LogP contribution in [0.5, 0.6) is 0 Å². The van der Waals surface area contributed by atoms with E-state index in [1.807, 2.05) is 24.3 Å². The van der Waals surface area contributed by atoms with Gasteiger partial charge in [-0.15, -0.1) is 0 Å². The molecule has 4 nitrogen and oxygen atoms in total. The molecule has 2 N–H and O–H groups in total. The fourth-order valence-corrected chi connectivity index (χ4v) is 4.76. The highest BCUT2D eigenvalue weighted by atomic mass is 16.2. The molecular weight excluding hydrogens is 312 g/mol. The Bertz CT molecular complexity index is 650. The Morgan fingerprint density at radius 1 is 1.08 bits per heavy atom. The van der Waals surface area contributed by atoms with Crippen LogP contribution in [-0.4, -0.2) is 17.9 Å². The number of hydrogen-bond acceptors (Lipinski definition) is 2. The number of nitrogens with one attached hydrogen (secondary N) is 2. The molecule has 0 heterocycles. The maximum atomic E-state index is 12.5. The summed E-state index contributed by atoms with van der Waals surface area (Å²) in [6.45, 7) is 2.70. The third-order valence-electron chi connectivity index (χ3n) is 6.42. The van der Waals surface area contributed by atoms with Gasteiger partial charge in [0, 0.05) is 24.1 Å². The lowest BCUT2D eigenvalue weighted by molar-refractivity contribution is -0.122. The van der Waals surface area contributed by atoms with Crippen LogP contribution in [0.15, 0.2) is 24.3 Å². The lowest BCUT2D eigenvalue weighted by Crippen LogP contribution is -2.40. The number of benzene rings is 1. The van der Waals surface area contributed by atoms with Crippen LogP contribution in [-0.2, 0) is 11.3 Å². The molecule has 3 aliphatic carbocycles. The molecule has 3 fully saturated rings. The molecule has 4 rings (SSSR count). The molecule has 1 aromatic carbocycles. The molecule has 0 saturated heterocycles. The first-order valence-electron chi connectivity index (χ1n) is 9.77. The number of fused-ring (bicyclic) bond motifs is 2. The second-order valence-electron chi connectivity index (χ2n) is 8.29. The van der Waals surface area contributed by atoms with Crippen molar-refractivity contribution in [1.29, 1.82) is 0 Å². The van der Waals surface area contributed by atoms with Crippen molar-refractivity contribution >= 4 is 11.8 Å². The first-order chi connectivity index (χ1) is 12.1. The Hall–Kier alpha value is -1.84. The van der Waals surface area contributed by atoms with Crippen LogP contribution < -0.4 is 10.6 Å². The number of hydrogen-bond donors (Lipinski definition) is 2. The second kappa shape index (κ2) is 6.81. The van der Waals surface area contributed by atoms with Crippen molar-refractivity contribution in [3.63, 3.8) is 0 Å². The summed E-state index contributed by atoms with van der Waals surface area (Å²) in [6.07, 6.45) is 7.42.